The van der Waals surface area contributed by atoms with E-state index in [0.717, 1.165) is 10.2 Å². The third-order valence-electron chi connectivity index (χ3n) is 2.64. The molecule has 98 valence electrons. The molecule has 2 aromatic rings. The number of hydrogen-bond donors (Lipinski definition) is 1. The van der Waals surface area contributed by atoms with Crippen LogP contribution in [0.1, 0.15) is 43.6 Å². The lowest BCUT2D eigenvalue weighted by Crippen LogP contribution is -2.21. The zero-order valence-electron chi connectivity index (χ0n) is 10.6. The summed E-state index contributed by atoms with van der Waals surface area (Å²) in [5.74, 6) is 0.847. The zero-order chi connectivity index (χ0) is 13.1. The van der Waals surface area contributed by atoms with Crippen LogP contribution in [0.3, 0.4) is 0 Å². The van der Waals surface area contributed by atoms with Crippen LogP contribution in [0.2, 0.25) is 4.34 Å². The lowest BCUT2D eigenvalue weighted by Gasteiger charge is -2.12. The van der Waals surface area contributed by atoms with Crippen molar-refractivity contribution in [3.63, 3.8) is 0 Å². The molecule has 0 amide bonds. The van der Waals surface area contributed by atoms with Crippen LogP contribution >= 0.6 is 22.9 Å². The topological polar surface area (TPSA) is 55.6 Å². The van der Waals surface area contributed by atoms with Gasteiger partial charge < -0.3 is 5.32 Å². The molecule has 18 heavy (non-hydrogen) atoms. The number of thiophene rings is 1. The molecule has 2 aromatic heterocycles. The molecule has 1 N–H and O–H groups in total. The van der Waals surface area contributed by atoms with Crippen molar-refractivity contribution in [3.8, 4) is 0 Å². The molecule has 0 aliphatic carbocycles. The van der Waals surface area contributed by atoms with Gasteiger partial charge in [0.15, 0.2) is 5.82 Å². The Kier molecular flexibility index (Phi) is 4.31. The normalized spacial score (nSPS) is 13.2. The summed E-state index contributed by atoms with van der Waals surface area (Å²) >= 11 is 7.51. The first-order valence-electron chi connectivity index (χ1n) is 5.83. The van der Waals surface area contributed by atoms with Crippen molar-refractivity contribution in [2.45, 2.75) is 39.4 Å². The number of hydrogen-bond acceptors (Lipinski definition) is 5. The number of tetrazole rings is 1. The van der Waals surface area contributed by atoms with Gasteiger partial charge in [-0.2, -0.15) is 0 Å². The van der Waals surface area contributed by atoms with Gasteiger partial charge in [0.1, 0.15) is 0 Å². The van der Waals surface area contributed by atoms with Gasteiger partial charge in [-0.25, -0.2) is 4.68 Å². The van der Waals surface area contributed by atoms with Crippen molar-refractivity contribution in [1.82, 2.24) is 25.5 Å². The van der Waals surface area contributed by atoms with E-state index < -0.39 is 0 Å². The fourth-order valence-electron chi connectivity index (χ4n) is 1.64. The maximum Gasteiger partial charge on any atom is 0.165 e. The molecule has 2 rings (SSSR count). The molecule has 7 heteroatoms. The van der Waals surface area contributed by atoms with Crippen molar-refractivity contribution < 1.29 is 0 Å². The summed E-state index contributed by atoms with van der Waals surface area (Å²) in [6, 6.07) is 4.46. The molecule has 0 saturated heterocycles. The summed E-state index contributed by atoms with van der Waals surface area (Å²) in [5, 5.41) is 15.1. The van der Waals surface area contributed by atoms with Crippen molar-refractivity contribution in [2.75, 3.05) is 0 Å². The number of nitrogens with one attached hydrogen (secondary N) is 1. The van der Waals surface area contributed by atoms with E-state index in [1.165, 1.54) is 4.88 Å². The molecule has 0 bridgehead atoms. The predicted octanol–water partition coefficient (Wildman–Crippen LogP) is 2.82. The van der Waals surface area contributed by atoms with E-state index in [0.29, 0.717) is 6.54 Å². The second-order valence-corrected chi connectivity index (χ2v) is 6.12. The molecular weight excluding hydrogens is 270 g/mol. The first-order valence-corrected chi connectivity index (χ1v) is 7.02. The van der Waals surface area contributed by atoms with Crippen molar-refractivity contribution in [3.05, 3.63) is 27.2 Å². The first kappa shape index (κ1) is 13.5. The minimum Gasteiger partial charge on any atom is -0.302 e. The fraction of sp³-hybridized carbons (Fsp3) is 0.545. The summed E-state index contributed by atoms with van der Waals surface area (Å²) in [7, 11) is 0. The number of nitrogens with zero attached hydrogens (tertiary/aromatic N) is 4. The molecule has 0 saturated carbocycles. The molecule has 0 spiro atoms. The Labute approximate surface area is 115 Å². The summed E-state index contributed by atoms with van der Waals surface area (Å²) < 4.78 is 2.63. The highest BCUT2D eigenvalue weighted by atomic mass is 35.5. The van der Waals surface area contributed by atoms with Gasteiger partial charge in [-0.3, -0.25) is 0 Å². The highest BCUT2D eigenvalue weighted by Gasteiger charge is 2.12. The van der Waals surface area contributed by atoms with Crippen LogP contribution in [0.5, 0.6) is 0 Å². The van der Waals surface area contributed by atoms with Crippen LogP contribution < -0.4 is 5.32 Å². The van der Waals surface area contributed by atoms with Crippen LogP contribution in [0, 0.1) is 0 Å². The average Bonchev–Trinajstić information content (AvgIpc) is 2.94. The van der Waals surface area contributed by atoms with E-state index in [4.69, 9.17) is 11.6 Å². The van der Waals surface area contributed by atoms with E-state index in [1.807, 2.05) is 16.8 Å². The first-order chi connectivity index (χ1) is 8.58. The summed E-state index contributed by atoms with van der Waals surface area (Å²) in [6.07, 6.45) is 0. The summed E-state index contributed by atoms with van der Waals surface area (Å²) in [5.41, 5.74) is 0. The van der Waals surface area contributed by atoms with Gasteiger partial charge >= 0.3 is 0 Å². The van der Waals surface area contributed by atoms with Crippen molar-refractivity contribution in [1.29, 1.82) is 0 Å². The van der Waals surface area contributed by atoms with Crippen LogP contribution in [0.25, 0.3) is 0 Å². The molecule has 0 aromatic carbocycles. The predicted molar refractivity (Wildman–Crippen MR) is 72.8 cm³/mol. The van der Waals surface area contributed by atoms with Crippen molar-refractivity contribution in [2.24, 2.45) is 0 Å². The molecule has 0 fully saturated rings. The Balaban J connectivity index is 1.97. The number of aromatic nitrogens is 4. The molecule has 0 radical (unpaired) electrons. The maximum atomic E-state index is 5.93. The molecule has 0 unspecified atom stereocenters. The van der Waals surface area contributed by atoms with Gasteiger partial charge in [0.2, 0.25) is 0 Å². The monoisotopic (exact) mass is 285 g/mol. The Morgan fingerprint density at radius 3 is 2.78 bits per heavy atom. The van der Waals surface area contributed by atoms with Crippen LogP contribution in [0.15, 0.2) is 12.1 Å². The van der Waals surface area contributed by atoms with E-state index in [9.17, 15) is 0 Å². The van der Waals surface area contributed by atoms with Gasteiger partial charge in [0, 0.05) is 10.9 Å². The van der Waals surface area contributed by atoms with Crippen LogP contribution in [-0.2, 0) is 6.54 Å². The van der Waals surface area contributed by atoms with E-state index in [-0.39, 0.29) is 12.1 Å². The summed E-state index contributed by atoms with van der Waals surface area (Å²) in [4.78, 5) is 1.21. The fourth-order valence-corrected chi connectivity index (χ4v) is 2.72. The third kappa shape index (κ3) is 3.07. The van der Waals surface area contributed by atoms with E-state index in [2.05, 4.69) is 41.6 Å². The largest absolute Gasteiger partial charge is 0.302 e. The lowest BCUT2D eigenvalue weighted by molar-refractivity contribution is 0.469. The standard InChI is InChI=1S/C11H16ClN5S/c1-7(2)17-11(14-15-16-17)6-13-8(3)9-4-5-10(12)18-9/h4-5,7-8,13H,6H2,1-3H3/t8-/m0/s1. The van der Waals surface area contributed by atoms with E-state index in [1.54, 1.807) is 11.3 Å². The van der Waals surface area contributed by atoms with Crippen molar-refractivity contribution >= 4 is 22.9 Å². The summed E-state index contributed by atoms with van der Waals surface area (Å²) in [6.45, 7) is 6.86. The van der Waals surface area contributed by atoms with Crippen LogP contribution in [-0.4, -0.2) is 20.2 Å². The highest BCUT2D eigenvalue weighted by molar-refractivity contribution is 7.16. The second kappa shape index (κ2) is 5.77. The second-order valence-electron chi connectivity index (χ2n) is 4.38. The molecule has 0 aliphatic rings. The Morgan fingerprint density at radius 2 is 2.17 bits per heavy atom. The maximum absolute atomic E-state index is 5.93. The molecule has 5 nitrogen and oxygen atoms in total. The van der Waals surface area contributed by atoms with Gasteiger partial charge in [-0.05, 0) is 43.3 Å². The zero-order valence-corrected chi connectivity index (χ0v) is 12.2. The minimum atomic E-state index is 0.236. The SMILES string of the molecule is CC(C)n1nnnc1CN[C@@H](C)c1ccc(Cl)s1. The Morgan fingerprint density at radius 1 is 1.39 bits per heavy atom. The lowest BCUT2D eigenvalue weighted by atomic mass is 10.3. The van der Waals surface area contributed by atoms with Crippen LogP contribution in [0.4, 0.5) is 0 Å². The smallest absolute Gasteiger partial charge is 0.165 e. The Hall–Kier alpha value is -0.980. The van der Waals surface area contributed by atoms with Gasteiger partial charge in [-0.1, -0.05) is 11.6 Å². The minimum absolute atomic E-state index is 0.236. The number of halogens is 1. The molecular formula is C11H16ClN5S. The quantitative estimate of drug-likeness (QED) is 0.918. The molecule has 1 atom stereocenters. The molecule has 0 aliphatic heterocycles. The van der Waals surface area contributed by atoms with Gasteiger partial charge in [0.25, 0.3) is 0 Å². The third-order valence-corrected chi connectivity index (χ3v) is 4.05. The molecule has 2 heterocycles. The van der Waals surface area contributed by atoms with E-state index >= 15 is 0 Å². The average molecular weight is 286 g/mol. The Bertz CT molecular complexity index is 507. The highest BCUT2D eigenvalue weighted by Crippen LogP contribution is 2.26. The van der Waals surface area contributed by atoms with Gasteiger partial charge in [-0.15, -0.1) is 16.4 Å². The number of rotatable bonds is 5. The van der Waals surface area contributed by atoms with Gasteiger partial charge in [0.05, 0.1) is 16.9 Å².